The zero-order valence-electron chi connectivity index (χ0n) is 17.0. The van der Waals surface area contributed by atoms with Crippen LogP contribution in [0.4, 0.5) is 0 Å². The molecule has 1 atom stereocenters. The lowest BCUT2D eigenvalue weighted by atomic mass is 10.0. The molecule has 156 valence electrons. The zero-order chi connectivity index (χ0) is 21.3. The summed E-state index contributed by atoms with van der Waals surface area (Å²) >= 11 is 1.18. The Morgan fingerprint density at radius 3 is 2.43 bits per heavy atom. The van der Waals surface area contributed by atoms with E-state index in [-0.39, 0.29) is 21.7 Å². The molecule has 2 heterocycles. The van der Waals surface area contributed by atoms with Gasteiger partial charge in [0.1, 0.15) is 9.77 Å². The number of fused-ring (bicyclic) bond motifs is 1. The SMILES string of the molecule is CC(c1ccccc1)N(C)C(=O)c1sccc1S(=O)(=O)N1CCc2ccccc2C1. The molecule has 1 amide bonds. The van der Waals surface area contributed by atoms with Gasteiger partial charge in [-0.05, 0) is 41.5 Å². The normalized spacial score (nSPS) is 15.4. The van der Waals surface area contributed by atoms with E-state index in [2.05, 4.69) is 0 Å². The summed E-state index contributed by atoms with van der Waals surface area (Å²) < 4.78 is 28.3. The lowest BCUT2D eigenvalue weighted by Gasteiger charge is -2.29. The number of benzene rings is 2. The van der Waals surface area contributed by atoms with Crippen LogP contribution in [0.3, 0.4) is 0 Å². The maximum absolute atomic E-state index is 13.4. The molecule has 0 N–H and O–H groups in total. The molecule has 0 saturated carbocycles. The topological polar surface area (TPSA) is 57.7 Å². The number of hydrogen-bond donors (Lipinski definition) is 0. The van der Waals surface area contributed by atoms with Crippen LogP contribution < -0.4 is 0 Å². The van der Waals surface area contributed by atoms with E-state index in [1.54, 1.807) is 23.4 Å². The summed E-state index contributed by atoms with van der Waals surface area (Å²) in [6.07, 6.45) is 0.674. The maximum atomic E-state index is 13.4. The molecule has 0 aliphatic carbocycles. The molecule has 7 heteroatoms. The number of sulfonamides is 1. The van der Waals surface area contributed by atoms with E-state index in [0.29, 0.717) is 19.5 Å². The molecule has 2 aromatic carbocycles. The second-order valence-corrected chi connectivity index (χ2v) is 10.3. The largest absolute Gasteiger partial charge is 0.334 e. The summed E-state index contributed by atoms with van der Waals surface area (Å²) in [6.45, 7) is 2.69. The molecule has 5 nitrogen and oxygen atoms in total. The van der Waals surface area contributed by atoms with Crippen LogP contribution in [-0.4, -0.2) is 37.1 Å². The molecule has 0 spiro atoms. The minimum atomic E-state index is -3.76. The molecule has 1 aliphatic heterocycles. The quantitative estimate of drug-likeness (QED) is 0.593. The van der Waals surface area contributed by atoms with Gasteiger partial charge in [-0.2, -0.15) is 4.31 Å². The van der Waals surface area contributed by atoms with E-state index < -0.39 is 10.0 Å². The summed E-state index contributed by atoms with van der Waals surface area (Å²) in [4.78, 5) is 15.2. The predicted molar refractivity (Wildman–Crippen MR) is 119 cm³/mol. The molecule has 1 aliphatic rings. The van der Waals surface area contributed by atoms with Crippen LogP contribution in [0.2, 0.25) is 0 Å². The van der Waals surface area contributed by atoms with Crippen molar-refractivity contribution >= 4 is 27.3 Å². The fraction of sp³-hybridized carbons (Fsp3) is 0.261. The van der Waals surface area contributed by atoms with Gasteiger partial charge in [-0.15, -0.1) is 11.3 Å². The van der Waals surface area contributed by atoms with Gasteiger partial charge in [-0.25, -0.2) is 8.42 Å². The summed E-state index contributed by atoms with van der Waals surface area (Å²) in [5.41, 5.74) is 3.20. The second-order valence-electron chi connectivity index (χ2n) is 7.47. The minimum Gasteiger partial charge on any atom is -0.334 e. The number of nitrogens with zero attached hydrogens (tertiary/aromatic N) is 2. The standard InChI is InChI=1S/C23H24N2O3S2/c1-17(18-8-4-3-5-9-18)24(2)23(26)22-21(13-15-29-22)30(27,28)25-14-12-19-10-6-7-11-20(19)16-25/h3-11,13,15,17H,12,14,16H2,1-2H3. The summed E-state index contributed by atoms with van der Waals surface area (Å²) in [5, 5.41) is 1.68. The van der Waals surface area contributed by atoms with Crippen molar-refractivity contribution in [2.45, 2.75) is 30.8 Å². The third-order valence-corrected chi connectivity index (χ3v) is 8.64. The molecular weight excluding hydrogens is 416 g/mol. The Hall–Kier alpha value is -2.48. The van der Waals surface area contributed by atoms with Gasteiger partial charge in [0.25, 0.3) is 5.91 Å². The van der Waals surface area contributed by atoms with Crippen molar-refractivity contribution in [2.24, 2.45) is 0 Å². The van der Waals surface area contributed by atoms with Gasteiger partial charge in [0.2, 0.25) is 10.0 Å². The van der Waals surface area contributed by atoms with E-state index in [4.69, 9.17) is 0 Å². The van der Waals surface area contributed by atoms with Crippen LogP contribution in [0.15, 0.2) is 70.9 Å². The van der Waals surface area contributed by atoms with Crippen LogP contribution in [0.5, 0.6) is 0 Å². The van der Waals surface area contributed by atoms with Crippen LogP contribution in [0, 0.1) is 0 Å². The monoisotopic (exact) mass is 440 g/mol. The Morgan fingerprint density at radius 1 is 1.03 bits per heavy atom. The second kappa shape index (κ2) is 8.34. The van der Waals surface area contributed by atoms with Gasteiger partial charge in [-0.3, -0.25) is 4.79 Å². The minimum absolute atomic E-state index is 0.101. The van der Waals surface area contributed by atoms with Crippen molar-refractivity contribution in [3.63, 3.8) is 0 Å². The number of carbonyl (C=O) groups is 1. The Morgan fingerprint density at radius 2 is 1.70 bits per heavy atom. The summed E-state index contributed by atoms with van der Waals surface area (Å²) in [6, 6.07) is 19.0. The highest BCUT2D eigenvalue weighted by Crippen LogP contribution is 2.31. The number of thiophene rings is 1. The number of carbonyl (C=O) groups excluding carboxylic acids is 1. The Labute approximate surface area is 181 Å². The van der Waals surface area contributed by atoms with E-state index in [1.807, 2.05) is 61.5 Å². The average Bonchev–Trinajstić information content (AvgIpc) is 3.28. The van der Waals surface area contributed by atoms with Gasteiger partial charge in [0.05, 0.1) is 6.04 Å². The average molecular weight is 441 g/mol. The van der Waals surface area contributed by atoms with Crippen molar-refractivity contribution in [3.05, 3.63) is 87.6 Å². The first-order valence-electron chi connectivity index (χ1n) is 9.86. The van der Waals surface area contributed by atoms with Gasteiger partial charge in [0.15, 0.2) is 0 Å². The van der Waals surface area contributed by atoms with Gasteiger partial charge in [0, 0.05) is 20.1 Å². The predicted octanol–water partition coefficient (Wildman–Crippen LogP) is 4.33. The Kier molecular flexibility index (Phi) is 5.77. The first-order valence-corrected chi connectivity index (χ1v) is 12.2. The van der Waals surface area contributed by atoms with E-state index in [9.17, 15) is 13.2 Å². The summed E-state index contributed by atoms with van der Waals surface area (Å²) in [5.74, 6) is -0.280. The highest BCUT2D eigenvalue weighted by Gasteiger charge is 2.33. The summed E-state index contributed by atoms with van der Waals surface area (Å²) in [7, 11) is -2.05. The van der Waals surface area contributed by atoms with Gasteiger partial charge < -0.3 is 4.90 Å². The van der Waals surface area contributed by atoms with Crippen molar-refractivity contribution in [3.8, 4) is 0 Å². The highest BCUT2D eigenvalue weighted by atomic mass is 32.2. The van der Waals surface area contributed by atoms with Crippen molar-refractivity contribution < 1.29 is 13.2 Å². The van der Waals surface area contributed by atoms with Crippen molar-refractivity contribution in [1.82, 2.24) is 9.21 Å². The lowest BCUT2D eigenvalue weighted by Crippen LogP contribution is -2.37. The fourth-order valence-electron chi connectivity index (χ4n) is 3.76. The molecule has 1 unspecified atom stereocenters. The number of amides is 1. The lowest BCUT2D eigenvalue weighted by molar-refractivity contribution is 0.0744. The van der Waals surface area contributed by atoms with Crippen LogP contribution in [0.1, 0.15) is 39.3 Å². The fourth-order valence-corrected chi connectivity index (χ4v) is 6.56. The molecule has 0 fully saturated rings. The first-order chi connectivity index (χ1) is 14.4. The molecule has 1 aromatic heterocycles. The first kappa shape index (κ1) is 20.8. The van der Waals surface area contributed by atoms with Crippen molar-refractivity contribution in [2.75, 3.05) is 13.6 Å². The highest BCUT2D eigenvalue weighted by molar-refractivity contribution is 7.89. The Bertz CT molecular complexity index is 1160. The molecule has 4 rings (SSSR count). The molecule has 0 saturated heterocycles. The van der Waals surface area contributed by atoms with Crippen LogP contribution in [0.25, 0.3) is 0 Å². The van der Waals surface area contributed by atoms with Gasteiger partial charge >= 0.3 is 0 Å². The number of rotatable bonds is 5. The van der Waals surface area contributed by atoms with E-state index >= 15 is 0 Å². The maximum Gasteiger partial charge on any atom is 0.265 e. The third kappa shape index (κ3) is 3.80. The van der Waals surface area contributed by atoms with Crippen molar-refractivity contribution in [1.29, 1.82) is 0 Å². The number of hydrogen-bond acceptors (Lipinski definition) is 4. The van der Waals surface area contributed by atoms with Crippen LogP contribution >= 0.6 is 11.3 Å². The Balaban J connectivity index is 1.60. The van der Waals surface area contributed by atoms with E-state index in [0.717, 1.165) is 11.1 Å². The van der Waals surface area contributed by atoms with Crippen LogP contribution in [-0.2, 0) is 23.0 Å². The van der Waals surface area contributed by atoms with E-state index in [1.165, 1.54) is 21.2 Å². The molecule has 0 radical (unpaired) electrons. The molecule has 0 bridgehead atoms. The molecular formula is C23H24N2O3S2. The third-order valence-electron chi connectivity index (χ3n) is 5.72. The zero-order valence-corrected chi connectivity index (χ0v) is 18.6. The molecule has 3 aromatic rings. The van der Waals surface area contributed by atoms with Gasteiger partial charge in [-0.1, -0.05) is 54.6 Å². The smallest absolute Gasteiger partial charge is 0.265 e. The molecule has 30 heavy (non-hydrogen) atoms.